The molecule has 0 bridgehead atoms. The van der Waals surface area contributed by atoms with Crippen molar-refractivity contribution >= 4 is 35.0 Å². The summed E-state index contributed by atoms with van der Waals surface area (Å²) in [4.78, 5) is 35.4. The molecule has 154 valence electrons. The van der Waals surface area contributed by atoms with Gasteiger partial charge in [-0.2, -0.15) is 0 Å². The van der Waals surface area contributed by atoms with E-state index >= 15 is 0 Å². The molecule has 0 aromatic heterocycles. The topological polar surface area (TPSA) is 98.5 Å². The fourth-order valence-electron chi connectivity index (χ4n) is 2.67. The van der Waals surface area contributed by atoms with Crippen LogP contribution in [0.1, 0.15) is 37.8 Å². The van der Waals surface area contributed by atoms with Crippen LogP contribution in [0.2, 0.25) is 0 Å². The molecule has 2 rings (SSSR count). The van der Waals surface area contributed by atoms with Crippen molar-refractivity contribution < 1.29 is 19.2 Å². The number of rotatable bonds is 8. The SMILES string of the molecule is Cc1cccc(C(C)C)c1NC(=O)COC(=O)[C@@H](C)Sc1ccc([N+](=O)[O-])cc1. The Hall–Kier alpha value is -2.87. The molecule has 0 radical (unpaired) electrons. The predicted molar refractivity (Wildman–Crippen MR) is 113 cm³/mol. The molecule has 0 spiro atoms. The number of anilines is 1. The Morgan fingerprint density at radius 3 is 2.38 bits per heavy atom. The Bertz CT molecular complexity index is 896. The zero-order valence-corrected chi connectivity index (χ0v) is 17.6. The highest BCUT2D eigenvalue weighted by Crippen LogP contribution is 2.28. The molecule has 0 aliphatic carbocycles. The monoisotopic (exact) mass is 416 g/mol. The lowest BCUT2D eigenvalue weighted by molar-refractivity contribution is -0.384. The second-order valence-corrected chi connectivity index (χ2v) is 8.28. The molecule has 0 aliphatic rings. The number of carbonyl (C=O) groups is 2. The van der Waals surface area contributed by atoms with Crippen LogP contribution < -0.4 is 5.32 Å². The van der Waals surface area contributed by atoms with E-state index in [-0.39, 0.29) is 18.2 Å². The number of nitro benzene ring substituents is 1. The molecular weight excluding hydrogens is 392 g/mol. The van der Waals surface area contributed by atoms with Crippen molar-refractivity contribution in [2.75, 3.05) is 11.9 Å². The number of amides is 1. The van der Waals surface area contributed by atoms with E-state index in [4.69, 9.17) is 4.74 Å². The summed E-state index contributed by atoms with van der Waals surface area (Å²) in [6.07, 6.45) is 0. The Morgan fingerprint density at radius 1 is 1.14 bits per heavy atom. The lowest BCUT2D eigenvalue weighted by atomic mass is 9.98. The van der Waals surface area contributed by atoms with Crippen LogP contribution in [0.5, 0.6) is 0 Å². The van der Waals surface area contributed by atoms with Gasteiger partial charge in [0.25, 0.3) is 11.6 Å². The highest BCUT2D eigenvalue weighted by molar-refractivity contribution is 8.00. The maximum atomic E-state index is 12.3. The van der Waals surface area contributed by atoms with Gasteiger partial charge in [-0.3, -0.25) is 19.7 Å². The summed E-state index contributed by atoms with van der Waals surface area (Å²) in [7, 11) is 0. The number of hydrogen-bond acceptors (Lipinski definition) is 6. The molecule has 1 amide bonds. The second kappa shape index (κ2) is 10.1. The van der Waals surface area contributed by atoms with Gasteiger partial charge in [0, 0.05) is 22.7 Å². The van der Waals surface area contributed by atoms with Crippen molar-refractivity contribution in [1.29, 1.82) is 0 Å². The number of nitrogens with one attached hydrogen (secondary N) is 1. The van der Waals surface area contributed by atoms with E-state index in [1.165, 1.54) is 23.9 Å². The summed E-state index contributed by atoms with van der Waals surface area (Å²) < 4.78 is 5.13. The van der Waals surface area contributed by atoms with Gasteiger partial charge in [0.05, 0.1) is 4.92 Å². The molecule has 1 N–H and O–H groups in total. The standard InChI is InChI=1S/C21H24N2O5S/c1-13(2)18-7-5-6-14(3)20(18)22-19(24)12-28-21(25)15(4)29-17-10-8-16(9-11-17)23(26)27/h5-11,13,15H,12H2,1-4H3,(H,22,24)/t15-/m1/s1. The van der Waals surface area contributed by atoms with Gasteiger partial charge in [0.2, 0.25) is 0 Å². The number of non-ortho nitro benzene ring substituents is 1. The first-order valence-electron chi connectivity index (χ1n) is 9.16. The van der Waals surface area contributed by atoms with Gasteiger partial charge < -0.3 is 10.1 Å². The molecule has 1 atom stereocenters. The van der Waals surface area contributed by atoms with Crippen LogP contribution >= 0.6 is 11.8 Å². The van der Waals surface area contributed by atoms with E-state index in [1.807, 2.05) is 39.0 Å². The van der Waals surface area contributed by atoms with E-state index in [0.29, 0.717) is 4.90 Å². The number of carbonyl (C=O) groups excluding carboxylic acids is 2. The molecule has 0 fully saturated rings. The maximum absolute atomic E-state index is 12.3. The molecule has 0 saturated carbocycles. The van der Waals surface area contributed by atoms with E-state index in [2.05, 4.69) is 5.32 Å². The Balaban J connectivity index is 1.90. The largest absolute Gasteiger partial charge is 0.455 e. The fourth-order valence-corrected chi connectivity index (χ4v) is 3.54. The molecule has 2 aromatic rings. The minimum Gasteiger partial charge on any atom is -0.455 e. The molecule has 2 aromatic carbocycles. The third-order valence-corrected chi connectivity index (χ3v) is 5.32. The van der Waals surface area contributed by atoms with Gasteiger partial charge in [-0.25, -0.2) is 0 Å². The Labute approximate surface area is 174 Å². The number of para-hydroxylation sites is 1. The van der Waals surface area contributed by atoms with Crippen LogP contribution in [-0.4, -0.2) is 28.7 Å². The van der Waals surface area contributed by atoms with Crippen LogP contribution in [0.3, 0.4) is 0 Å². The smallest absolute Gasteiger partial charge is 0.319 e. The molecule has 0 unspecified atom stereocenters. The zero-order valence-electron chi connectivity index (χ0n) is 16.8. The van der Waals surface area contributed by atoms with Gasteiger partial charge in [-0.1, -0.05) is 32.0 Å². The summed E-state index contributed by atoms with van der Waals surface area (Å²) in [6, 6.07) is 11.7. The maximum Gasteiger partial charge on any atom is 0.319 e. The lowest BCUT2D eigenvalue weighted by Crippen LogP contribution is -2.25. The summed E-state index contributed by atoms with van der Waals surface area (Å²) in [5.41, 5.74) is 2.69. The minimum absolute atomic E-state index is 0.0155. The van der Waals surface area contributed by atoms with Crippen molar-refractivity contribution in [1.82, 2.24) is 0 Å². The number of hydrogen-bond donors (Lipinski definition) is 1. The number of ether oxygens (including phenoxy) is 1. The molecule has 0 aliphatic heterocycles. The van der Waals surface area contributed by atoms with Crippen LogP contribution in [0.15, 0.2) is 47.4 Å². The summed E-state index contributed by atoms with van der Waals surface area (Å²) >= 11 is 1.21. The highest BCUT2D eigenvalue weighted by atomic mass is 32.2. The van der Waals surface area contributed by atoms with Gasteiger partial charge >= 0.3 is 5.97 Å². The normalized spacial score (nSPS) is 11.8. The number of aryl methyl sites for hydroxylation is 1. The lowest BCUT2D eigenvalue weighted by Gasteiger charge is -2.17. The van der Waals surface area contributed by atoms with Gasteiger partial charge in [0.15, 0.2) is 6.61 Å². The van der Waals surface area contributed by atoms with Crippen molar-refractivity contribution in [3.05, 3.63) is 63.7 Å². The predicted octanol–water partition coefficient (Wildman–Crippen LogP) is 4.69. The molecule has 0 saturated heterocycles. The average molecular weight is 416 g/mol. The molecule has 29 heavy (non-hydrogen) atoms. The summed E-state index contributed by atoms with van der Waals surface area (Å²) in [5, 5.41) is 13.0. The van der Waals surface area contributed by atoms with Crippen LogP contribution in [-0.2, 0) is 14.3 Å². The van der Waals surface area contributed by atoms with Gasteiger partial charge in [-0.15, -0.1) is 11.8 Å². The second-order valence-electron chi connectivity index (χ2n) is 6.86. The Morgan fingerprint density at radius 2 is 1.79 bits per heavy atom. The van der Waals surface area contributed by atoms with Crippen LogP contribution in [0.4, 0.5) is 11.4 Å². The van der Waals surface area contributed by atoms with Crippen LogP contribution in [0, 0.1) is 17.0 Å². The van der Waals surface area contributed by atoms with Gasteiger partial charge in [-0.05, 0) is 43.0 Å². The number of thioether (sulfide) groups is 1. The highest BCUT2D eigenvalue weighted by Gasteiger charge is 2.19. The molecular formula is C21H24N2O5S. The van der Waals surface area contributed by atoms with E-state index in [9.17, 15) is 19.7 Å². The number of benzene rings is 2. The third-order valence-electron chi connectivity index (χ3n) is 4.23. The van der Waals surface area contributed by atoms with Crippen molar-refractivity contribution in [2.24, 2.45) is 0 Å². The molecule has 0 heterocycles. The number of nitrogens with zero attached hydrogens (tertiary/aromatic N) is 1. The average Bonchev–Trinajstić information content (AvgIpc) is 2.67. The van der Waals surface area contributed by atoms with Crippen molar-refractivity contribution in [2.45, 2.75) is 43.8 Å². The quantitative estimate of drug-likeness (QED) is 0.290. The van der Waals surface area contributed by atoms with E-state index < -0.39 is 22.0 Å². The van der Waals surface area contributed by atoms with E-state index in [1.54, 1.807) is 19.1 Å². The first-order valence-corrected chi connectivity index (χ1v) is 10.0. The first kappa shape index (κ1) is 22.4. The van der Waals surface area contributed by atoms with Crippen LogP contribution in [0.25, 0.3) is 0 Å². The zero-order chi connectivity index (χ0) is 21.6. The summed E-state index contributed by atoms with van der Waals surface area (Å²) in [6.45, 7) is 7.28. The van der Waals surface area contributed by atoms with E-state index in [0.717, 1.165) is 16.8 Å². The number of nitro groups is 1. The van der Waals surface area contributed by atoms with Crippen molar-refractivity contribution in [3.8, 4) is 0 Å². The molecule has 7 nitrogen and oxygen atoms in total. The van der Waals surface area contributed by atoms with Crippen molar-refractivity contribution in [3.63, 3.8) is 0 Å². The third kappa shape index (κ3) is 6.32. The fraction of sp³-hybridized carbons (Fsp3) is 0.333. The number of esters is 1. The summed E-state index contributed by atoms with van der Waals surface area (Å²) in [5.74, 6) is -0.690. The molecule has 8 heteroatoms. The Kier molecular flexibility index (Phi) is 7.78. The first-order chi connectivity index (χ1) is 13.7. The van der Waals surface area contributed by atoms with Gasteiger partial charge in [0.1, 0.15) is 5.25 Å². The minimum atomic E-state index is -0.561.